The van der Waals surface area contributed by atoms with Gasteiger partial charge in [-0.2, -0.15) is 0 Å². The van der Waals surface area contributed by atoms with Gasteiger partial charge < -0.3 is 4.74 Å². The first-order chi connectivity index (χ1) is 17.7. The van der Waals surface area contributed by atoms with Crippen LogP contribution >= 0.6 is 0 Å². The van der Waals surface area contributed by atoms with Crippen molar-refractivity contribution in [3.8, 4) is 11.4 Å². The van der Waals surface area contributed by atoms with Gasteiger partial charge in [-0.05, 0) is 101 Å². The molecule has 1 aromatic heterocycles. The van der Waals surface area contributed by atoms with Crippen LogP contribution in [0.2, 0.25) is 0 Å². The molecule has 4 heteroatoms. The lowest BCUT2D eigenvalue weighted by Crippen LogP contribution is -2.23. The number of benzene rings is 6. The molecule has 8 rings (SSSR count). The van der Waals surface area contributed by atoms with E-state index in [0.29, 0.717) is 16.5 Å². The van der Waals surface area contributed by atoms with Gasteiger partial charge >= 0.3 is 0 Å². The Labute approximate surface area is 211 Å². The monoisotopic (exact) mass is 481 g/mol. The van der Waals surface area contributed by atoms with Gasteiger partial charge in [0.05, 0.1) is 16.5 Å². The maximum absolute atomic E-state index is 14.1. The van der Waals surface area contributed by atoms with Crippen LogP contribution in [-0.4, -0.2) is 10.2 Å². The third-order valence-corrected chi connectivity index (χ3v) is 7.85. The lowest BCUT2D eigenvalue weighted by molar-refractivity contribution is 0.133. The molecule has 7 aromatic carbocycles. The van der Waals surface area contributed by atoms with E-state index in [1.54, 1.807) is 0 Å². The van der Waals surface area contributed by atoms with Gasteiger partial charge in [-0.15, -0.1) is 0 Å². The number of hydrogen-bond acceptors (Lipinski definition) is 3. The summed E-state index contributed by atoms with van der Waals surface area (Å²) < 4.78 is 7.82. The third-order valence-electron chi connectivity index (χ3n) is 7.85. The number of aryl methyl sites for hydroxylation is 1. The molecule has 0 saturated carbocycles. The SMILES string of the molecule is Cc1cc2c3c(=O)n(-c4ccccc4)c(=O)c3c3cc(OC(C)(C)C)c4ccc5ccc1c1c5c4c3c21. The molecule has 0 amide bonds. The Balaban J connectivity index is 1.74. The fourth-order valence-corrected chi connectivity index (χ4v) is 6.56. The normalized spacial score (nSPS) is 13.1. The minimum atomic E-state index is -0.428. The van der Waals surface area contributed by atoms with Gasteiger partial charge in [0.2, 0.25) is 0 Å². The van der Waals surface area contributed by atoms with E-state index >= 15 is 0 Å². The fourth-order valence-electron chi connectivity index (χ4n) is 6.56. The Kier molecular flexibility index (Phi) is 3.62. The van der Waals surface area contributed by atoms with Crippen LogP contribution in [0, 0.1) is 6.92 Å². The Hall–Kier alpha value is -4.44. The minimum Gasteiger partial charge on any atom is -0.487 e. The van der Waals surface area contributed by atoms with E-state index in [1.807, 2.05) is 57.2 Å². The minimum absolute atomic E-state index is 0.270. The van der Waals surface area contributed by atoms with Crippen molar-refractivity contribution < 1.29 is 4.74 Å². The number of rotatable bonds is 2. The molecule has 0 fully saturated rings. The van der Waals surface area contributed by atoms with Crippen molar-refractivity contribution >= 4 is 64.6 Å². The first kappa shape index (κ1) is 20.7. The lowest BCUT2D eigenvalue weighted by atomic mass is 9.93. The van der Waals surface area contributed by atoms with Crippen molar-refractivity contribution in [2.45, 2.75) is 33.3 Å². The second-order valence-electron chi connectivity index (χ2n) is 11.2. The van der Waals surface area contributed by atoms with Crippen molar-refractivity contribution in [2.24, 2.45) is 0 Å². The van der Waals surface area contributed by atoms with Crippen LogP contribution in [0.3, 0.4) is 0 Å². The number of hydrogen-bond donors (Lipinski definition) is 0. The average Bonchev–Trinajstić information content (AvgIpc) is 3.35. The zero-order valence-electron chi connectivity index (χ0n) is 21.0. The third kappa shape index (κ3) is 2.43. The molecular formula is C33H23NO3. The van der Waals surface area contributed by atoms with E-state index in [4.69, 9.17) is 4.74 Å². The van der Waals surface area contributed by atoms with Gasteiger partial charge in [-0.1, -0.05) is 36.4 Å². The molecule has 4 nitrogen and oxygen atoms in total. The summed E-state index contributed by atoms with van der Waals surface area (Å²) in [4.78, 5) is 28.1. The largest absolute Gasteiger partial charge is 0.487 e. The Morgan fingerprint density at radius 3 is 1.84 bits per heavy atom. The van der Waals surface area contributed by atoms with Crippen LogP contribution in [0.5, 0.6) is 5.75 Å². The standard InChI is InChI=1S/C33H23NO3/c1-16-14-21-27-25-19(16)12-10-17-11-13-20-23(37-33(2,3)4)15-22(28(27)26(20)24(17)25)30-29(21)31(35)34(32(30)36)18-8-6-5-7-9-18/h5-15H,1-4H3. The predicted molar refractivity (Wildman–Crippen MR) is 153 cm³/mol. The fraction of sp³-hybridized carbons (Fsp3) is 0.152. The highest BCUT2D eigenvalue weighted by atomic mass is 16.5. The van der Waals surface area contributed by atoms with E-state index in [9.17, 15) is 9.59 Å². The first-order valence-corrected chi connectivity index (χ1v) is 12.6. The molecule has 0 aliphatic carbocycles. The molecule has 0 bridgehead atoms. The Bertz CT molecular complexity index is 2290. The number of aromatic nitrogens is 1. The van der Waals surface area contributed by atoms with E-state index in [-0.39, 0.29) is 11.1 Å². The molecule has 37 heavy (non-hydrogen) atoms. The summed E-state index contributed by atoms with van der Waals surface area (Å²) in [7, 11) is 0. The lowest BCUT2D eigenvalue weighted by Gasteiger charge is -2.23. The molecular weight excluding hydrogens is 458 g/mol. The quantitative estimate of drug-likeness (QED) is 0.243. The smallest absolute Gasteiger partial charge is 0.266 e. The number of fused-ring (bicyclic) bond motifs is 3. The van der Waals surface area contributed by atoms with Gasteiger partial charge in [-0.25, -0.2) is 4.57 Å². The summed E-state index contributed by atoms with van der Waals surface area (Å²) in [5.41, 5.74) is 0.700. The highest BCUT2D eigenvalue weighted by Crippen LogP contribution is 2.52. The zero-order valence-corrected chi connectivity index (χ0v) is 21.0. The van der Waals surface area contributed by atoms with E-state index in [2.05, 4.69) is 37.3 Å². The molecule has 0 aliphatic rings. The van der Waals surface area contributed by atoms with E-state index in [1.165, 1.54) is 20.7 Å². The summed E-state index contributed by atoms with van der Waals surface area (Å²) in [5.74, 6) is 0.735. The van der Waals surface area contributed by atoms with Crippen LogP contribution in [-0.2, 0) is 0 Å². The van der Waals surface area contributed by atoms with Crippen molar-refractivity contribution in [3.63, 3.8) is 0 Å². The molecule has 8 aromatic rings. The summed E-state index contributed by atoms with van der Waals surface area (Å²) in [6, 6.07) is 21.9. The Morgan fingerprint density at radius 1 is 0.622 bits per heavy atom. The van der Waals surface area contributed by atoms with Crippen molar-refractivity contribution in [2.75, 3.05) is 0 Å². The number of nitrogens with zero attached hydrogens (tertiary/aromatic N) is 1. The second kappa shape index (κ2) is 6.46. The molecule has 1 heterocycles. The average molecular weight is 482 g/mol. The second-order valence-corrected chi connectivity index (χ2v) is 11.2. The highest BCUT2D eigenvalue weighted by molar-refractivity contribution is 6.48. The van der Waals surface area contributed by atoms with Crippen LogP contribution < -0.4 is 15.9 Å². The van der Waals surface area contributed by atoms with Crippen LogP contribution in [0.25, 0.3) is 70.3 Å². The molecule has 0 saturated heterocycles. The van der Waals surface area contributed by atoms with Gasteiger partial charge in [-0.3, -0.25) is 9.59 Å². The topological polar surface area (TPSA) is 48.3 Å². The first-order valence-electron chi connectivity index (χ1n) is 12.6. The summed E-state index contributed by atoms with van der Waals surface area (Å²) in [6.07, 6.45) is 0. The van der Waals surface area contributed by atoms with E-state index < -0.39 is 5.60 Å². The van der Waals surface area contributed by atoms with Crippen molar-refractivity contribution in [1.29, 1.82) is 0 Å². The Morgan fingerprint density at radius 2 is 1.19 bits per heavy atom. The van der Waals surface area contributed by atoms with Gasteiger partial charge in [0.1, 0.15) is 11.4 Å². The highest BCUT2D eigenvalue weighted by Gasteiger charge is 2.29. The predicted octanol–water partition coefficient (Wildman–Crippen LogP) is 7.35. The maximum atomic E-state index is 14.1. The van der Waals surface area contributed by atoms with Crippen LogP contribution in [0.1, 0.15) is 26.3 Å². The summed E-state index contributed by atoms with van der Waals surface area (Å²) >= 11 is 0. The molecule has 0 radical (unpaired) electrons. The van der Waals surface area contributed by atoms with Crippen molar-refractivity contribution in [3.05, 3.63) is 93.0 Å². The molecule has 0 spiro atoms. The number of para-hydroxylation sites is 1. The van der Waals surface area contributed by atoms with Crippen LogP contribution in [0.15, 0.2) is 76.3 Å². The molecule has 0 unspecified atom stereocenters. The van der Waals surface area contributed by atoms with Crippen molar-refractivity contribution in [1.82, 2.24) is 4.57 Å². The molecule has 0 aliphatic heterocycles. The van der Waals surface area contributed by atoms with Gasteiger partial charge in [0, 0.05) is 16.2 Å². The maximum Gasteiger partial charge on any atom is 0.266 e. The summed E-state index contributed by atoms with van der Waals surface area (Å²) in [5, 5.41) is 11.6. The van der Waals surface area contributed by atoms with Gasteiger partial charge in [0.25, 0.3) is 11.1 Å². The van der Waals surface area contributed by atoms with Crippen LogP contribution in [0.4, 0.5) is 0 Å². The molecule has 0 atom stereocenters. The zero-order chi connectivity index (χ0) is 25.4. The molecule has 178 valence electrons. The van der Waals surface area contributed by atoms with Gasteiger partial charge in [0.15, 0.2) is 0 Å². The van der Waals surface area contributed by atoms with E-state index in [0.717, 1.165) is 49.0 Å². The summed E-state index contributed by atoms with van der Waals surface area (Å²) in [6.45, 7) is 8.17. The number of ether oxygens (including phenoxy) is 1. The molecule has 0 N–H and O–H groups in total.